The lowest BCUT2D eigenvalue weighted by Gasteiger charge is -2.41. The van der Waals surface area contributed by atoms with Crippen molar-refractivity contribution in [3.05, 3.63) is 60.4 Å². The lowest BCUT2D eigenvalue weighted by Crippen LogP contribution is -2.49. The van der Waals surface area contributed by atoms with E-state index in [1.807, 2.05) is 12.1 Å². The van der Waals surface area contributed by atoms with Gasteiger partial charge in [-0.2, -0.15) is 5.10 Å². The molecule has 0 amide bonds. The molecule has 1 atom stereocenters. The van der Waals surface area contributed by atoms with E-state index in [1.165, 1.54) is 44.6 Å². The molecule has 2 fully saturated rings. The number of aromatic nitrogens is 4. The van der Waals surface area contributed by atoms with Crippen molar-refractivity contribution >= 4 is 22.5 Å². The molecule has 0 spiro atoms. The van der Waals surface area contributed by atoms with Crippen LogP contribution in [0.1, 0.15) is 43.3 Å². The van der Waals surface area contributed by atoms with Crippen LogP contribution in [0.4, 0.5) is 11.5 Å². The molecular formula is C30H36N8O. The normalized spacial score (nSPS) is 24.0. The summed E-state index contributed by atoms with van der Waals surface area (Å²) in [4.78, 5) is 14.1. The number of fused-ring (bicyclic) bond motifs is 2. The van der Waals surface area contributed by atoms with E-state index in [0.29, 0.717) is 24.5 Å². The first-order chi connectivity index (χ1) is 19.1. The van der Waals surface area contributed by atoms with Gasteiger partial charge in [0.25, 0.3) is 0 Å². The van der Waals surface area contributed by atoms with Crippen molar-refractivity contribution < 1.29 is 4.74 Å². The zero-order chi connectivity index (χ0) is 26.3. The van der Waals surface area contributed by atoms with Gasteiger partial charge in [-0.1, -0.05) is 30.3 Å². The van der Waals surface area contributed by atoms with Gasteiger partial charge in [-0.15, -0.1) is 0 Å². The third-order valence-corrected chi connectivity index (χ3v) is 8.78. The summed E-state index contributed by atoms with van der Waals surface area (Å²) in [6.45, 7) is 5.31. The van der Waals surface area contributed by atoms with E-state index in [4.69, 9.17) is 15.6 Å². The highest BCUT2D eigenvalue weighted by Gasteiger charge is 2.31. The molecule has 2 aromatic heterocycles. The molecular weight excluding hydrogens is 488 g/mol. The van der Waals surface area contributed by atoms with Crippen molar-refractivity contribution in [1.29, 1.82) is 0 Å². The Hall–Kier alpha value is -3.69. The van der Waals surface area contributed by atoms with Gasteiger partial charge in [-0.3, -0.25) is 4.90 Å². The second-order valence-corrected chi connectivity index (χ2v) is 11.2. The van der Waals surface area contributed by atoms with Crippen LogP contribution in [0.25, 0.3) is 22.3 Å². The predicted octanol–water partition coefficient (Wildman–Crippen LogP) is 4.35. The fourth-order valence-corrected chi connectivity index (χ4v) is 6.51. The summed E-state index contributed by atoms with van der Waals surface area (Å²) in [6, 6.07) is 17.7. The summed E-state index contributed by atoms with van der Waals surface area (Å²) in [5.41, 5.74) is 11.3. The molecule has 2 aliphatic heterocycles. The van der Waals surface area contributed by atoms with Crippen molar-refractivity contribution in [3.8, 4) is 17.0 Å². The number of piperazine rings is 1. The summed E-state index contributed by atoms with van der Waals surface area (Å²) in [7, 11) is 2.22. The number of nitrogens with zero attached hydrogens (tertiary/aromatic N) is 6. The summed E-state index contributed by atoms with van der Waals surface area (Å²) >= 11 is 0. The molecule has 0 bridgehead atoms. The fourth-order valence-electron chi connectivity index (χ4n) is 6.51. The van der Waals surface area contributed by atoms with Gasteiger partial charge >= 0.3 is 0 Å². The summed E-state index contributed by atoms with van der Waals surface area (Å²) < 4.78 is 7.96. The Morgan fingerprint density at radius 2 is 1.64 bits per heavy atom. The van der Waals surface area contributed by atoms with E-state index in [-0.39, 0.29) is 6.04 Å². The Labute approximate surface area is 229 Å². The molecule has 1 saturated heterocycles. The molecule has 39 heavy (non-hydrogen) atoms. The Morgan fingerprint density at radius 1 is 0.897 bits per heavy atom. The Kier molecular flexibility index (Phi) is 6.33. The zero-order valence-corrected chi connectivity index (χ0v) is 22.5. The number of benzene rings is 2. The average molecular weight is 525 g/mol. The first-order valence-corrected chi connectivity index (χ1v) is 14.1. The van der Waals surface area contributed by atoms with Crippen LogP contribution in [0, 0.1) is 0 Å². The van der Waals surface area contributed by atoms with E-state index in [9.17, 15) is 0 Å². The van der Waals surface area contributed by atoms with Crippen LogP contribution in [-0.2, 0) is 0 Å². The van der Waals surface area contributed by atoms with Crippen LogP contribution in [0.2, 0.25) is 0 Å². The number of para-hydroxylation sites is 1. The highest BCUT2D eigenvalue weighted by molar-refractivity contribution is 5.98. The van der Waals surface area contributed by atoms with E-state index in [1.54, 1.807) is 6.33 Å². The molecule has 9 nitrogen and oxygen atoms in total. The molecule has 3 aliphatic rings. The summed E-state index contributed by atoms with van der Waals surface area (Å²) in [6.07, 6.45) is 6.15. The highest BCUT2D eigenvalue weighted by atomic mass is 16.5. The molecule has 202 valence electrons. The highest BCUT2D eigenvalue weighted by Crippen LogP contribution is 2.38. The number of ether oxygens (including phenoxy) is 1. The third-order valence-electron chi connectivity index (χ3n) is 8.78. The third kappa shape index (κ3) is 4.59. The minimum atomic E-state index is 0.136. The van der Waals surface area contributed by atoms with Gasteiger partial charge in [-0.25, -0.2) is 14.6 Å². The summed E-state index contributed by atoms with van der Waals surface area (Å²) in [5, 5.41) is 9.58. The van der Waals surface area contributed by atoms with Crippen molar-refractivity contribution in [2.45, 2.75) is 43.8 Å². The maximum absolute atomic E-state index is 6.41. The molecule has 1 aliphatic carbocycles. The lowest BCUT2D eigenvalue weighted by molar-refractivity contribution is 0.0815. The maximum Gasteiger partial charge on any atom is 0.164 e. The number of hydrogen-bond donors (Lipinski definition) is 2. The minimum Gasteiger partial charge on any atom is -0.491 e. The molecule has 9 heteroatoms. The van der Waals surface area contributed by atoms with Crippen LogP contribution < -0.4 is 15.8 Å². The first kappa shape index (κ1) is 24.4. The number of hydrogen-bond acceptors (Lipinski definition) is 8. The van der Waals surface area contributed by atoms with Crippen LogP contribution in [-0.4, -0.2) is 75.4 Å². The standard InChI is InChI=1S/C30H36N8O/c1-36-14-16-37(17-15-36)22-10-12-23(13-11-22)38-30-27(29(31)32-19-33-30)28(35-38)20-6-8-21(9-7-20)34-25-18-39-26-5-3-2-4-24(25)26/h2-9,19,22-23,25,34H,10-18H2,1H3,(H2,31,32,33)/t22-,23+,25?. The van der Waals surface area contributed by atoms with E-state index in [0.717, 1.165) is 46.6 Å². The molecule has 0 radical (unpaired) electrons. The Balaban J connectivity index is 1.11. The number of anilines is 2. The SMILES string of the molecule is CN1CCN([C@H]2CC[C@@H](n3nc(-c4ccc(NC5COc6ccccc65)cc4)c4c(N)ncnc43)CC2)CC1. The Bertz CT molecular complexity index is 1450. The smallest absolute Gasteiger partial charge is 0.164 e. The number of rotatable bonds is 5. The largest absolute Gasteiger partial charge is 0.491 e. The van der Waals surface area contributed by atoms with E-state index >= 15 is 0 Å². The van der Waals surface area contributed by atoms with Crippen LogP contribution >= 0.6 is 0 Å². The molecule has 2 aromatic carbocycles. The van der Waals surface area contributed by atoms with Crippen molar-refractivity contribution in [3.63, 3.8) is 0 Å². The lowest BCUT2D eigenvalue weighted by atomic mass is 9.90. The van der Waals surface area contributed by atoms with Crippen LogP contribution in [0.15, 0.2) is 54.9 Å². The maximum atomic E-state index is 6.41. The zero-order valence-electron chi connectivity index (χ0n) is 22.5. The second kappa shape index (κ2) is 10.1. The molecule has 1 saturated carbocycles. The second-order valence-electron chi connectivity index (χ2n) is 11.2. The average Bonchev–Trinajstić information content (AvgIpc) is 3.57. The number of nitrogens with one attached hydrogen (secondary N) is 1. The summed E-state index contributed by atoms with van der Waals surface area (Å²) in [5.74, 6) is 1.44. The van der Waals surface area contributed by atoms with E-state index in [2.05, 4.69) is 73.2 Å². The molecule has 1 unspecified atom stereocenters. The number of nitrogen functional groups attached to an aromatic ring is 1. The molecule has 7 rings (SSSR count). The first-order valence-electron chi connectivity index (χ1n) is 14.1. The van der Waals surface area contributed by atoms with Crippen LogP contribution in [0.5, 0.6) is 5.75 Å². The van der Waals surface area contributed by atoms with Crippen molar-refractivity contribution in [2.24, 2.45) is 0 Å². The molecule has 4 heterocycles. The minimum absolute atomic E-state index is 0.136. The monoisotopic (exact) mass is 524 g/mol. The molecule has 4 aromatic rings. The van der Waals surface area contributed by atoms with E-state index < -0.39 is 0 Å². The van der Waals surface area contributed by atoms with Gasteiger partial charge in [0.1, 0.15) is 30.2 Å². The van der Waals surface area contributed by atoms with Crippen LogP contribution in [0.3, 0.4) is 0 Å². The fraction of sp³-hybridized carbons (Fsp3) is 0.433. The van der Waals surface area contributed by atoms with Gasteiger partial charge < -0.3 is 20.7 Å². The molecule has 3 N–H and O–H groups in total. The van der Waals surface area contributed by atoms with Crippen molar-refractivity contribution in [2.75, 3.05) is 50.9 Å². The predicted molar refractivity (Wildman–Crippen MR) is 154 cm³/mol. The van der Waals surface area contributed by atoms with Crippen molar-refractivity contribution in [1.82, 2.24) is 29.5 Å². The topological polar surface area (TPSA) is 97.4 Å². The van der Waals surface area contributed by atoms with Gasteiger partial charge in [0.2, 0.25) is 0 Å². The van der Waals surface area contributed by atoms with Gasteiger partial charge in [0.05, 0.1) is 17.5 Å². The van der Waals surface area contributed by atoms with Gasteiger partial charge in [0, 0.05) is 49.0 Å². The number of likely N-dealkylation sites (N-methyl/N-ethyl adjacent to an activating group) is 1. The van der Waals surface area contributed by atoms with Gasteiger partial charge in [0.15, 0.2) is 5.65 Å². The quantitative estimate of drug-likeness (QED) is 0.398. The number of nitrogens with two attached hydrogens (primary N) is 1. The Morgan fingerprint density at radius 3 is 2.44 bits per heavy atom. The van der Waals surface area contributed by atoms with Gasteiger partial charge in [-0.05, 0) is 50.9 Å².